The molecule has 0 saturated carbocycles. The molecular formula is C15H19N3O4. The minimum absolute atomic E-state index is 0.0119. The van der Waals surface area contributed by atoms with E-state index in [0.29, 0.717) is 5.56 Å². The number of nitro groups is 1. The van der Waals surface area contributed by atoms with Gasteiger partial charge in [0.05, 0.1) is 11.1 Å². The van der Waals surface area contributed by atoms with Gasteiger partial charge in [-0.15, -0.1) is 0 Å². The zero-order chi connectivity index (χ0) is 15.9. The molecule has 0 radical (unpaired) electrons. The fourth-order valence-electron chi connectivity index (χ4n) is 2.46. The maximum absolute atomic E-state index is 12.0. The molecule has 2 rings (SSSR count). The Morgan fingerprint density at radius 1 is 1.55 bits per heavy atom. The number of carbonyl (C=O) groups is 1. The molecule has 0 bridgehead atoms. The molecule has 1 heterocycles. The summed E-state index contributed by atoms with van der Waals surface area (Å²) in [5, 5.41) is 14.4. The van der Waals surface area contributed by atoms with Crippen molar-refractivity contribution in [3.8, 4) is 0 Å². The average molecular weight is 305 g/mol. The van der Waals surface area contributed by atoms with E-state index in [1.807, 2.05) is 11.8 Å². The minimum atomic E-state index is -0.473. The largest absolute Gasteiger partial charge is 0.386 e. The summed E-state index contributed by atoms with van der Waals surface area (Å²) >= 11 is 0. The van der Waals surface area contributed by atoms with E-state index in [9.17, 15) is 14.9 Å². The van der Waals surface area contributed by atoms with Gasteiger partial charge in [0.2, 0.25) is 0 Å². The van der Waals surface area contributed by atoms with E-state index in [1.54, 1.807) is 12.1 Å². The van der Waals surface area contributed by atoms with Gasteiger partial charge in [0.15, 0.2) is 6.61 Å². The summed E-state index contributed by atoms with van der Waals surface area (Å²) in [5.41, 5.74) is 0.537. The van der Waals surface area contributed by atoms with Crippen LogP contribution in [-0.4, -0.2) is 41.1 Å². The maximum Gasteiger partial charge on any atom is 0.270 e. The highest BCUT2D eigenvalue weighted by Crippen LogP contribution is 2.16. The first-order valence-electron chi connectivity index (χ1n) is 7.27. The Bertz CT molecular complexity index is 574. The fourth-order valence-corrected chi connectivity index (χ4v) is 2.46. The molecule has 1 amide bonds. The lowest BCUT2D eigenvalue weighted by molar-refractivity contribution is -0.384. The molecule has 0 aromatic heterocycles. The normalized spacial score (nSPS) is 18.4. The van der Waals surface area contributed by atoms with Crippen LogP contribution in [0.3, 0.4) is 0 Å². The lowest BCUT2D eigenvalue weighted by Crippen LogP contribution is -2.43. The molecule has 1 aromatic carbocycles. The molecule has 1 atom stereocenters. The number of nitrogens with zero attached hydrogens (tertiary/aromatic N) is 3. The highest BCUT2D eigenvalue weighted by molar-refractivity contribution is 5.80. The van der Waals surface area contributed by atoms with Crippen molar-refractivity contribution in [2.24, 2.45) is 5.16 Å². The summed E-state index contributed by atoms with van der Waals surface area (Å²) in [6.07, 6.45) is 4.55. The molecule has 118 valence electrons. The Balaban J connectivity index is 1.84. The van der Waals surface area contributed by atoms with Gasteiger partial charge in [-0.25, -0.2) is 0 Å². The van der Waals surface area contributed by atoms with Crippen LogP contribution < -0.4 is 0 Å². The van der Waals surface area contributed by atoms with Crippen molar-refractivity contribution in [2.75, 3.05) is 13.2 Å². The number of benzene rings is 1. The number of oxime groups is 1. The molecule has 1 aromatic rings. The first-order valence-corrected chi connectivity index (χ1v) is 7.27. The Morgan fingerprint density at radius 3 is 3.09 bits per heavy atom. The standard InChI is InChI=1S/C15H19N3O4/c1-12-5-2-3-8-17(12)15(19)11-22-16-10-13-6-4-7-14(9-13)18(20)21/h4,6-7,9-10,12H,2-3,5,8,11H2,1H3/b16-10-/t12-/m0/s1. The minimum Gasteiger partial charge on any atom is -0.386 e. The SMILES string of the molecule is C[C@H]1CCCCN1C(=O)CO/N=C\c1cccc([N+](=O)[O-])c1. The average Bonchev–Trinajstić information content (AvgIpc) is 2.52. The first-order chi connectivity index (χ1) is 10.6. The van der Waals surface area contributed by atoms with Gasteiger partial charge in [0.1, 0.15) is 0 Å². The van der Waals surface area contributed by atoms with E-state index in [-0.39, 0.29) is 24.2 Å². The number of amides is 1. The lowest BCUT2D eigenvalue weighted by Gasteiger charge is -2.32. The second kappa shape index (κ2) is 7.53. The van der Waals surface area contributed by atoms with Crippen LogP contribution in [0.15, 0.2) is 29.4 Å². The summed E-state index contributed by atoms with van der Waals surface area (Å²) < 4.78 is 0. The van der Waals surface area contributed by atoms with Crippen LogP contribution in [0.2, 0.25) is 0 Å². The van der Waals surface area contributed by atoms with Crippen LogP contribution >= 0.6 is 0 Å². The van der Waals surface area contributed by atoms with Gasteiger partial charge in [-0.2, -0.15) is 0 Å². The monoisotopic (exact) mass is 305 g/mol. The van der Waals surface area contributed by atoms with Crippen LogP contribution in [-0.2, 0) is 9.63 Å². The van der Waals surface area contributed by atoms with Crippen LogP contribution in [0, 0.1) is 10.1 Å². The molecule has 1 aliphatic rings. The second-order valence-electron chi connectivity index (χ2n) is 5.29. The predicted octanol–water partition coefficient (Wildman–Crippen LogP) is 2.35. The second-order valence-corrected chi connectivity index (χ2v) is 5.29. The third-order valence-corrected chi connectivity index (χ3v) is 3.67. The predicted molar refractivity (Wildman–Crippen MR) is 81.7 cm³/mol. The van der Waals surface area contributed by atoms with E-state index in [2.05, 4.69) is 5.16 Å². The molecule has 1 aliphatic heterocycles. The third-order valence-electron chi connectivity index (χ3n) is 3.67. The van der Waals surface area contributed by atoms with Gasteiger partial charge in [0.25, 0.3) is 11.6 Å². The van der Waals surface area contributed by atoms with Gasteiger partial charge in [-0.05, 0) is 26.2 Å². The van der Waals surface area contributed by atoms with Gasteiger partial charge in [0, 0.05) is 30.3 Å². The molecule has 7 nitrogen and oxygen atoms in total. The topological polar surface area (TPSA) is 85.0 Å². The number of rotatable bonds is 5. The highest BCUT2D eigenvalue weighted by Gasteiger charge is 2.23. The lowest BCUT2D eigenvalue weighted by atomic mass is 10.0. The smallest absolute Gasteiger partial charge is 0.270 e. The van der Waals surface area contributed by atoms with Crippen molar-refractivity contribution in [3.05, 3.63) is 39.9 Å². The van der Waals surface area contributed by atoms with Gasteiger partial charge in [-0.1, -0.05) is 17.3 Å². The molecule has 7 heteroatoms. The van der Waals surface area contributed by atoms with Crippen LogP contribution in [0.1, 0.15) is 31.7 Å². The van der Waals surface area contributed by atoms with Crippen molar-refractivity contribution < 1.29 is 14.6 Å². The van der Waals surface area contributed by atoms with E-state index in [0.717, 1.165) is 25.8 Å². The van der Waals surface area contributed by atoms with E-state index in [4.69, 9.17) is 4.84 Å². The number of hydrogen-bond donors (Lipinski definition) is 0. The van der Waals surface area contributed by atoms with Crippen molar-refractivity contribution >= 4 is 17.8 Å². The highest BCUT2D eigenvalue weighted by atomic mass is 16.6. The molecule has 22 heavy (non-hydrogen) atoms. The summed E-state index contributed by atoms with van der Waals surface area (Å²) in [5.74, 6) is -0.0802. The Kier molecular flexibility index (Phi) is 5.46. The summed E-state index contributed by atoms with van der Waals surface area (Å²) in [7, 11) is 0. The number of non-ortho nitro benzene ring substituents is 1. The Hall–Kier alpha value is -2.44. The zero-order valence-corrected chi connectivity index (χ0v) is 12.5. The van der Waals surface area contributed by atoms with E-state index >= 15 is 0 Å². The Labute approximate surface area is 128 Å². The number of hydrogen-bond acceptors (Lipinski definition) is 5. The van der Waals surface area contributed by atoms with Gasteiger partial charge < -0.3 is 9.74 Å². The van der Waals surface area contributed by atoms with Crippen molar-refractivity contribution in [3.63, 3.8) is 0 Å². The van der Waals surface area contributed by atoms with Crippen LogP contribution in [0.25, 0.3) is 0 Å². The summed E-state index contributed by atoms with van der Waals surface area (Å²) in [6, 6.07) is 6.28. The molecular weight excluding hydrogens is 286 g/mol. The van der Waals surface area contributed by atoms with Crippen LogP contribution in [0.5, 0.6) is 0 Å². The number of carbonyl (C=O) groups excluding carboxylic acids is 1. The third kappa shape index (κ3) is 4.28. The summed E-state index contributed by atoms with van der Waals surface area (Å²) in [6.45, 7) is 2.68. The van der Waals surface area contributed by atoms with E-state index in [1.165, 1.54) is 18.3 Å². The summed E-state index contributed by atoms with van der Waals surface area (Å²) in [4.78, 5) is 29.0. The molecule has 1 saturated heterocycles. The van der Waals surface area contributed by atoms with Crippen molar-refractivity contribution in [1.29, 1.82) is 0 Å². The number of likely N-dealkylation sites (tertiary alicyclic amines) is 1. The Morgan fingerprint density at radius 2 is 2.36 bits per heavy atom. The van der Waals surface area contributed by atoms with Crippen LogP contribution in [0.4, 0.5) is 5.69 Å². The first kappa shape index (κ1) is 15.9. The van der Waals surface area contributed by atoms with E-state index < -0.39 is 4.92 Å². The van der Waals surface area contributed by atoms with Gasteiger partial charge in [-0.3, -0.25) is 14.9 Å². The molecule has 0 aliphatic carbocycles. The fraction of sp³-hybridized carbons (Fsp3) is 0.467. The number of piperidine rings is 1. The zero-order valence-electron chi connectivity index (χ0n) is 12.5. The molecule has 1 fully saturated rings. The van der Waals surface area contributed by atoms with Crippen molar-refractivity contribution in [2.45, 2.75) is 32.2 Å². The molecule has 0 N–H and O–H groups in total. The maximum atomic E-state index is 12.0. The number of nitro benzene ring substituents is 1. The molecule has 0 spiro atoms. The van der Waals surface area contributed by atoms with Crippen molar-refractivity contribution in [1.82, 2.24) is 4.90 Å². The quantitative estimate of drug-likeness (QED) is 0.475. The molecule has 0 unspecified atom stereocenters. The van der Waals surface area contributed by atoms with Gasteiger partial charge >= 0.3 is 0 Å².